The number of pyridine rings is 1. The van der Waals surface area contributed by atoms with Crippen LogP contribution in [0.2, 0.25) is 0 Å². The molecule has 1 aromatic rings. The Hall–Kier alpha value is -1.21. The van der Waals surface area contributed by atoms with Crippen LogP contribution in [0.25, 0.3) is 0 Å². The fourth-order valence-corrected chi connectivity index (χ4v) is 2.27. The van der Waals surface area contributed by atoms with Crippen molar-refractivity contribution >= 4 is 27.3 Å². The Bertz CT molecular complexity index is 448. The molecule has 0 atom stereocenters. The number of anilines is 1. The van der Waals surface area contributed by atoms with E-state index in [0.29, 0.717) is 16.7 Å². The van der Waals surface area contributed by atoms with E-state index in [1.807, 2.05) is 0 Å². The maximum absolute atomic E-state index is 10.9. The van der Waals surface area contributed by atoms with E-state index in [0.717, 1.165) is 19.3 Å². The molecule has 1 heterocycles. The third-order valence-electron chi connectivity index (χ3n) is 3.04. The maximum atomic E-state index is 10.9. The third-order valence-corrected chi connectivity index (χ3v) is 3.64. The van der Waals surface area contributed by atoms with Gasteiger partial charge in [-0.3, -0.25) is 15.1 Å². The summed E-state index contributed by atoms with van der Waals surface area (Å²) >= 11 is 3.25. The van der Waals surface area contributed by atoms with Gasteiger partial charge in [-0.05, 0) is 35.2 Å². The lowest BCUT2D eigenvalue weighted by Crippen LogP contribution is -2.52. The summed E-state index contributed by atoms with van der Waals surface area (Å²) < 4.78 is 0.578. The molecule has 7 heteroatoms. The first-order valence-corrected chi connectivity index (χ1v) is 6.12. The minimum Gasteiger partial charge on any atom is -0.377 e. The van der Waals surface area contributed by atoms with Gasteiger partial charge < -0.3 is 11.1 Å². The predicted molar refractivity (Wildman–Crippen MR) is 67.9 cm³/mol. The predicted octanol–water partition coefficient (Wildman–Crippen LogP) is 2.05. The second-order valence-electron chi connectivity index (χ2n) is 4.34. The first kappa shape index (κ1) is 12.3. The van der Waals surface area contributed by atoms with Crippen molar-refractivity contribution in [2.75, 3.05) is 11.9 Å². The van der Waals surface area contributed by atoms with Gasteiger partial charge in [0.05, 0.1) is 9.40 Å². The van der Waals surface area contributed by atoms with E-state index in [-0.39, 0.29) is 11.2 Å². The van der Waals surface area contributed by atoms with Gasteiger partial charge in [0.25, 0.3) is 0 Å². The van der Waals surface area contributed by atoms with Crippen LogP contribution in [0.3, 0.4) is 0 Å². The smallest absolute Gasteiger partial charge is 0.311 e. The summed E-state index contributed by atoms with van der Waals surface area (Å²) in [6.07, 6.45) is 5.79. The van der Waals surface area contributed by atoms with Gasteiger partial charge in [-0.25, -0.2) is 0 Å². The Balaban J connectivity index is 2.16. The molecule has 0 radical (unpaired) electrons. The molecule has 0 unspecified atom stereocenters. The summed E-state index contributed by atoms with van der Waals surface area (Å²) in [4.78, 5) is 14.2. The molecule has 0 spiro atoms. The number of aromatic nitrogens is 1. The van der Waals surface area contributed by atoms with E-state index in [9.17, 15) is 10.1 Å². The highest BCUT2D eigenvalue weighted by Crippen LogP contribution is 2.34. The van der Waals surface area contributed by atoms with E-state index in [2.05, 4.69) is 26.2 Å². The SMILES string of the molecule is NC1(CNc2c(Br)cncc2[N+](=O)[O-])CCC1. The zero-order valence-electron chi connectivity index (χ0n) is 9.15. The molecule has 1 aliphatic rings. The van der Waals surface area contributed by atoms with E-state index >= 15 is 0 Å². The van der Waals surface area contributed by atoms with Gasteiger partial charge >= 0.3 is 5.69 Å². The zero-order chi connectivity index (χ0) is 12.5. The molecular weight excluding hydrogens is 288 g/mol. The van der Waals surface area contributed by atoms with Gasteiger partial charge in [0.2, 0.25) is 0 Å². The number of rotatable bonds is 4. The van der Waals surface area contributed by atoms with Crippen LogP contribution in [0.15, 0.2) is 16.9 Å². The monoisotopic (exact) mass is 300 g/mol. The lowest BCUT2D eigenvalue weighted by molar-refractivity contribution is -0.384. The molecule has 3 N–H and O–H groups in total. The second kappa shape index (κ2) is 4.58. The molecule has 1 saturated carbocycles. The fourth-order valence-electron chi connectivity index (χ4n) is 1.81. The van der Waals surface area contributed by atoms with Gasteiger partial charge in [0, 0.05) is 18.3 Å². The summed E-state index contributed by atoms with van der Waals surface area (Å²) in [5.41, 5.74) is 6.24. The van der Waals surface area contributed by atoms with E-state index in [4.69, 9.17) is 5.73 Å². The Morgan fingerprint density at radius 3 is 2.82 bits per heavy atom. The minimum atomic E-state index is -0.454. The summed E-state index contributed by atoms with van der Waals surface area (Å²) in [5.74, 6) is 0. The highest BCUT2D eigenvalue weighted by molar-refractivity contribution is 9.10. The molecule has 0 aliphatic heterocycles. The maximum Gasteiger partial charge on any atom is 0.311 e. The number of nitrogens with one attached hydrogen (secondary N) is 1. The second-order valence-corrected chi connectivity index (χ2v) is 5.20. The number of nitrogens with zero attached hydrogens (tertiary/aromatic N) is 2. The average Bonchev–Trinajstić information content (AvgIpc) is 2.24. The summed E-state index contributed by atoms with van der Waals surface area (Å²) in [7, 11) is 0. The molecule has 1 aliphatic carbocycles. The van der Waals surface area contributed by atoms with Gasteiger partial charge in [0.15, 0.2) is 0 Å². The largest absolute Gasteiger partial charge is 0.377 e. The first-order chi connectivity index (χ1) is 8.02. The molecular formula is C10H13BrN4O2. The van der Waals surface area contributed by atoms with Crippen LogP contribution in [0, 0.1) is 10.1 Å². The molecule has 17 heavy (non-hydrogen) atoms. The molecule has 2 rings (SSSR count). The quantitative estimate of drug-likeness (QED) is 0.655. The van der Waals surface area contributed by atoms with Crippen molar-refractivity contribution in [1.82, 2.24) is 4.98 Å². The summed E-state index contributed by atoms with van der Waals surface area (Å²) in [6, 6.07) is 0. The van der Waals surface area contributed by atoms with Crippen molar-refractivity contribution in [1.29, 1.82) is 0 Å². The molecule has 0 aromatic carbocycles. The van der Waals surface area contributed by atoms with E-state index < -0.39 is 4.92 Å². The molecule has 6 nitrogen and oxygen atoms in total. The van der Waals surface area contributed by atoms with Gasteiger partial charge in [-0.1, -0.05) is 0 Å². The molecule has 0 amide bonds. The Morgan fingerprint density at radius 1 is 1.59 bits per heavy atom. The Kier molecular flexibility index (Phi) is 3.30. The van der Waals surface area contributed by atoms with Crippen molar-refractivity contribution in [2.45, 2.75) is 24.8 Å². The van der Waals surface area contributed by atoms with E-state index in [1.165, 1.54) is 12.4 Å². The number of hydrogen-bond acceptors (Lipinski definition) is 5. The van der Waals surface area contributed by atoms with Crippen molar-refractivity contribution < 1.29 is 4.92 Å². The summed E-state index contributed by atoms with van der Waals surface area (Å²) in [5, 5.41) is 13.9. The van der Waals surface area contributed by atoms with Crippen LogP contribution in [0.4, 0.5) is 11.4 Å². The standard InChI is InChI=1S/C10H13BrN4O2/c11-7-4-13-5-8(15(16)17)9(7)14-6-10(12)2-1-3-10/h4-5H,1-3,6,12H2,(H,13,14). The zero-order valence-corrected chi connectivity index (χ0v) is 10.7. The number of hydrogen-bond donors (Lipinski definition) is 2. The van der Waals surface area contributed by atoms with Crippen LogP contribution in [0.5, 0.6) is 0 Å². The third kappa shape index (κ3) is 2.55. The number of nitro groups is 1. The van der Waals surface area contributed by atoms with Crippen molar-refractivity contribution in [3.05, 3.63) is 27.0 Å². The van der Waals surface area contributed by atoms with Gasteiger partial charge in [-0.2, -0.15) is 0 Å². The number of halogens is 1. The molecule has 0 bridgehead atoms. The minimum absolute atomic E-state index is 0.0395. The van der Waals surface area contributed by atoms with Crippen LogP contribution in [-0.4, -0.2) is 22.0 Å². The molecule has 92 valence electrons. The lowest BCUT2D eigenvalue weighted by atomic mass is 9.78. The average molecular weight is 301 g/mol. The van der Waals surface area contributed by atoms with Crippen molar-refractivity contribution in [3.63, 3.8) is 0 Å². The Labute approximate surface area is 107 Å². The summed E-state index contributed by atoms with van der Waals surface area (Å²) in [6.45, 7) is 0.538. The van der Waals surface area contributed by atoms with E-state index in [1.54, 1.807) is 0 Å². The lowest BCUT2D eigenvalue weighted by Gasteiger charge is -2.38. The molecule has 1 fully saturated rings. The highest BCUT2D eigenvalue weighted by atomic mass is 79.9. The van der Waals surface area contributed by atoms with Crippen LogP contribution in [0.1, 0.15) is 19.3 Å². The highest BCUT2D eigenvalue weighted by Gasteiger charge is 2.33. The van der Waals surface area contributed by atoms with Crippen molar-refractivity contribution in [3.8, 4) is 0 Å². The van der Waals surface area contributed by atoms with Gasteiger partial charge in [-0.15, -0.1) is 0 Å². The molecule has 1 aromatic heterocycles. The Morgan fingerprint density at radius 2 is 2.29 bits per heavy atom. The van der Waals surface area contributed by atoms with Gasteiger partial charge in [0.1, 0.15) is 11.9 Å². The normalized spacial score (nSPS) is 17.3. The first-order valence-electron chi connectivity index (χ1n) is 5.32. The van der Waals surface area contributed by atoms with Crippen molar-refractivity contribution in [2.24, 2.45) is 5.73 Å². The molecule has 0 saturated heterocycles. The topological polar surface area (TPSA) is 94.1 Å². The van der Waals surface area contributed by atoms with Crippen LogP contribution >= 0.6 is 15.9 Å². The van der Waals surface area contributed by atoms with Crippen LogP contribution < -0.4 is 11.1 Å². The fraction of sp³-hybridized carbons (Fsp3) is 0.500. The number of nitrogens with two attached hydrogens (primary N) is 1. The van der Waals surface area contributed by atoms with Crippen LogP contribution in [-0.2, 0) is 0 Å².